The van der Waals surface area contributed by atoms with Gasteiger partial charge in [-0.05, 0) is 23.6 Å². The van der Waals surface area contributed by atoms with Crippen molar-refractivity contribution in [1.29, 1.82) is 0 Å². The van der Waals surface area contributed by atoms with Crippen molar-refractivity contribution in [2.45, 2.75) is 26.9 Å². The Balaban J connectivity index is 2.14. The van der Waals surface area contributed by atoms with Crippen LogP contribution in [0.1, 0.15) is 32.7 Å². The van der Waals surface area contributed by atoms with Crippen molar-refractivity contribution in [3.8, 4) is 5.75 Å². The highest BCUT2D eigenvalue weighted by Crippen LogP contribution is 2.36. The predicted octanol–water partition coefficient (Wildman–Crippen LogP) is 3.89. The Morgan fingerprint density at radius 3 is 2.59 bits per heavy atom. The zero-order valence-corrected chi connectivity index (χ0v) is 14.2. The van der Waals surface area contributed by atoms with E-state index in [4.69, 9.17) is 27.9 Å². The Morgan fingerprint density at radius 2 is 2.05 bits per heavy atom. The normalized spacial score (nSPS) is 14.6. The first-order valence-electron chi connectivity index (χ1n) is 6.90. The summed E-state index contributed by atoms with van der Waals surface area (Å²) in [5.41, 5.74) is -0.203. The number of hydrogen-bond acceptors (Lipinski definition) is 4. The summed E-state index contributed by atoms with van der Waals surface area (Å²) < 4.78 is 5.79. The Kier molecular flexibility index (Phi) is 5.32. The number of rotatable bonds is 5. The molecule has 2 N–H and O–H groups in total. The average molecular weight is 344 g/mol. The van der Waals surface area contributed by atoms with Crippen LogP contribution in [0.25, 0.3) is 0 Å². The minimum absolute atomic E-state index is 0.202. The third kappa shape index (κ3) is 4.12. The van der Waals surface area contributed by atoms with Gasteiger partial charge in [0.25, 0.3) is 0 Å². The molecule has 1 aromatic carbocycles. The van der Waals surface area contributed by atoms with Gasteiger partial charge < -0.3 is 9.84 Å². The lowest BCUT2D eigenvalue weighted by atomic mass is 9.77. The van der Waals surface area contributed by atoms with Gasteiger partial charge >= 0.3 is 0 Å². The quantitative estimate of drug-likeness (QED) is 0.863. The van der Waals surface area contributed by atoms with Gasteiger partial charge in [0.1, 0.15) is 18.2 Å². The van der Waals surface area contributed by atoms with Crippen LogP contribution in [0.5, 0.6) is 5.75 Å². The zero-order valence-electron chi connectivity index (χ0n) is 12.7. The van der Waals surface area contributed by atoms with Gasteiger partial charge in [-0.2, -0.15) is 5.10 Å². The summed E-state index contributed by atoms with van der Waals surface area (Å²) >= 11 is 12.0. The lowest BCUT2D eigenvalue weighted by Crippen LogP contribution is -2.32. The highest BCUT2D eigenvalue weighted by Gasteiger charge is 2.34. The Morgan fingerprint density at radius 1 is 1.32 bits per heavy atom. The molecular formula is C15H19Cl2N3O2. The van der Waals surface area contributed by atoms with E-state index in [1.165, 1.54) is 6.33 Å². The molecular weight excluding hydrogens is 325 g/mol. The molecule has 7 heteroatoms. The van der Waals surface area contributed by atoms with E-state index < -0.39 is 6.10 Å². The van der Waals surface area contributed by atoms with E-state index in [-0.39, 0.29) is 17.9 Å². The highest BCUT2D eigenvalue weighted by molar-refractivity contribution is 6.35. The first kappa shape index (κ1) is 17.1. The van der Waals surface area contributed by atoms with Crippen molar-refractivity contribution in [1.82, 2.24) is 15.2 Å². The van der Waals surface area contributed by atoms with Crippen molar-refractivity contribution in [2.75, 3.05) is 6.61 Å². The molecule has 0 amide bonds. The number of hydrogen-bond donors (Lipinski definition) is 2. The summed E-state index contributed by atoms with van der Waals surface area (Å²) in [4.78, 5) is 4.02. The van der Waals surface area contributed by atoms with Crippen LogP contribution in [0, 0.1) is 11.3 Å². The second kappa shape index (κ2) is 6.86. The molecule has 0 aliphatic carbocycles. The van der Waals surface area contributed by atoms with Crippen molar-refractivity contribution >= 4 is 23.2 Å². The molecule has 0 fully saturated rings. The number of aromatic nitrogens is 3. The SMILES string of the molecule is CC(C)(C)C(COc1ccc(Cl)cc1Cl)C(O)c1ncn[nH]1. The topological polar surface area (TPSA) is 71.0 Å². The molecule has 0 aliphatic rings. The molecule has 1 heterocycles. The number of nitrogens with one attached hydrogen (secondary N) is 1. The maximum Gasteiger partial charge on any atom is 0.153 e. The molecule has 22 heavy (non-hydrogen) atoms. The molecule has 0 saturated heterocycles. The van der Waals surface area contributed by atoms with Gasteiger partial charge in [0.05, 0.1) is 11.6 Å². The predicted molar refractivity (Wildman–Crippen MR) is 86.2 cm³/mol. The summed E-state index contributed by atoms with van der Waals surface area (Å²) in [6, 6.07) is 5.05. The lowest BCUT2D eigenvalue weighted by molar-refractivity contribution is 0.00605. The highest BCUT2D eigenvalue weighted by atomic mass is 35.5. The number of aromatic amines is 1. The molecule has 0 radical (unpaired) electrons. The van der Waals surface area contributed by atoms with Gasteiger partial charge in [0.15, 0.2) is 5.82 Å². The molecule has 2 unspecified atom stereocenters. The second-order valence-electron chi connectivity index (χ2n) is 6.17. The van der Waals surface area contributed by atoms with Gasteiger partial charge in [-0.3, -0.25) is 5.10 Å². The molecule has 2 aromatic rings. The summed E-state index contributed by atoms with van der Waals surface area (Å²) in [6.45, 7) is 6.38. The van der Waals surface area contributed by atoms with Crippen LogP contribution >= 0.6 is 23.2 Å². The van der Waals surface area contributed by atoms with Crippen LogP contribution < -0.4 is 4.74 Å². The number of ether oxygens (including phenoxy) is 1. The fourth-order valence-corrected chi connectivity index (χ4v) is 2.60. The van der Waals surface area contributed by atoms with E-state index in [1.54, 1.807) is 18.2 Å². The first-order valence-corrected chi connectivity index (χ1v) is 7.66. The maximum absolute atomic E-state index is 10.5. The van der Waals surface area contributed by atoms with Gasteiger partial charge in [0.2, 0.25) is 0 Å². The third-order valence-electron chi connectivity index (χ3n) is 3.52. The minimum atomic E-state index is -0.812. The molecule has 120 valence electrons. The molecule has 0 saturated carbocycles. The molecule has 0 bridgehead atoms. The molecule has 0 spiro atoms. The van der Waals surface area contributed by atoms with Crippen molar-refractivity contribution in [2.24, 2.45) is 11.3 Å². The summed E-state index contributed by atoms with van der Waals surface area (Å²) in [5, 5.41) is 18.0. The standard InChI is InChI=1S/C15H19Cl2N3O2/c1-15(2,3)10(13(21)14-18-8-19-20-14)7-22-12-5-4-9(16)6-11(12)17/h4-6,8,10,13,21H,7H2,1-3H3,(H,18,19,20). The fraction of sp³-hybridized carbons (Fsp3) is 0.467. The van der Waals surface area contributed by atoms with Gasteiger partial charge in [-0.1, -0.05) is 44.0 Å². The van der Waals surface area contributed by atoms with Gasteiger partial charge in [0, 0.05) is 10.9 Å². The first-order chi connectivity index (χ1) is 10.3. The molecule has 1 aromatic heterocycles. The zero-order chi connectivity index (χ0) is 16.3. The number of aliphatic hydroxyl groups is 1. The monoisotopic (exact) mass is 343 g/mol. The van der Waals surface area contributed by atoms with Crippen LogP contribution in [0.4, 0.5) is 0 Å². The van der Waals surface area contributed by atoms with Crippen LogP contribution in [0.3, 0.4) is 0 Å². The van der Waals surface area contributed by atoms with E-state index in [2.05, 4.69) is 15.2 Å². The molecule has 2 rings (SSSR count). The summed E-state index contributed by atoms with van der Waals surface area (Å²) in [6.07, 6.45) is 0.559. The smallest absolute Gasteiger partial charge is 0.153 e. The number of benzene rings is 1. The van der Waals surface area contributed by atoms with Crippen molar-refractivity contribution in [3.63, 3.8) is 0 Å². The van der Waals surface area contributed by atoms with E-state index in [0.717, 1.165) is 0 Å². The average Bonchev–Trinajstić information content (AvgIpc) is 2.93. The molecule has 2 atom stereocenters. The van der Waals surface area contributed by atoms with Crippen LogP contribution in [-0.2, 0) is 0 Å². The van der Waals surface area contributed by atoms with Crippen LogP contribution in [0.15, 0.2) is 24.5 Å². The molecule has 0 aliphatic heterocycles. The lowest BCUT2D eigenvalue weighted by Gasteiger charge is -2.33. The van der Waals surface area contributed by atoms with Crippen molar-refractivity contribution in [3.05, 3.63) is 40.4 Å². The van der Waals surface area contributed by atoms with E-state index >= 15 is 0 Å². The summed E-state index contributed by atoms with van der Waals surface area (Å²) in [5.74, 6) is 0.753. The molecule has 5 nitrogen and oxygen atoms in total. The van der Waals surface area contributed by atoms with Gasteiger partial charge in [-0.15, -0.1) is 0 Å². The Hall–Kier alpha value is -1.30. The van der Waals surface area contributed by atoms with E-state index in [9.17, 15) is 5.11 Å². The number of aliphatic hydroxyl groups excluding tert-OH is 1. The van der Waals surface area contributed by atoms with Crippen molar-refractivity contribution < 1.29 is 9.84 Å². The summed E-state index contributed by atoms with van der Waals surface area (Å²) in [7, 11) is 0. The van der Waals surface area contributed by atoms with E-state index in [0.29, 0.717) is 21.6 Å². The Labute approximate surface area is 139 Å². The number of H-pyrrole nitrogens is 1. The maximum atomic E-state index is 10.5. The fourth-order valence-electron chi connectivity index (χ4n) is 2.13. The number of nitrogens with zero attached hydrogens (tertiary/aromatic N) is 2. The third-order valence-corrected chi connectivity index (χ3v) is 4.05. The van der Waals surface area contributed by atoms with Crippen LogP contribution in [0.2, 0.25) is 10.0 Å². The Bertz CT molecular complexity index is 612. The largest absolute Gasteiger partial charge is 0.492 e. The van der Waals surface area contributed by atoms with Gasteiger partial charge in [-0.25, -0.2) is 4.98 Å². The minimum Gasteiger partial charge on any atom is -0.492 e. The van der Waals surface area contributed by atoms with E-state index in [1.807, 2.05) is 20.8 Å². The van der Waals surface area contributed by atoms with Crippen LogP contribution in [-0.4, -0.2) is 26.9 Å². The second-order valence-corrected chi connectivity index (χ2v) is 7.02. The number of halogens is 2.